The fourth-order valence-electron chi connectivity index (χ4n) is 4.26. The molecule has 0 aliphatic carbocycles. The van der Waals surface area contributed by atoms with Crippen LogP contribution in [-0.2, 0) is 0 Å². The molecule has 2 aromatic heterocycles. The summed E-state index contributed by atoms with van der Waals surface area (Å²) in [6.07, 6.45) is 7.16. The van der Waals surface area contributed by atoms with Crippen LogP contribution in [0.4, 0.5) is 0 Å². The summed E-state index contributed by atoms with van der Waals surface area (Å²) in [7, 11) is 2.12. The van der Waals surface area contributed by atoms with Gasteiger partial charge in [-0.1, -0.05) is 0 Å². The van der Waals surface area contributed by atoms with Gasteiger partial charge in [-0.25, -0.2) is 4.98 Å². The Kier molecular flexibility index (Phi) is 5.52. The quantitative estimate of drug-likeness (QED) is 0.879. The van der Waals surface area contributed by atoms with Crippen LogP contribution in [0.2, 0.25) is 0 Å². The molecule has 1 unspecified atom stereocenters. The number of nitrogens with zero attached hydrogens (tertiary/aromatic N) is 4. The fourth-order valence-corrected chi connectivity index (χ4v) is 4.26. The Labute approximate surface area is 164 Å². The molecule has 0 bridgehead atoms. The van der Waals surface area contributed by atoms with E-state index in [1.165, 1.54) is 0 Å². The van der Waals surface area contributed by atoms with Gasteiger partial charge < -0.3 is 14.8 Å². The van der Waals surface area contributed by atoms with Crippen LogP contribution < -0.4 is 5.56 Å². The molecule has 148 valence electrons. The van der Waals surface area contributed by atoms with Gasteiger partial charge in [-0.3, -0.25) is 14.6 Å². The lowest BCUT2D eigenvalue weighted by atomic mass is 9.92. The van der Waals surface area contributed by atoms with Gasteiger partial charge in [0.2, 0.25) is 0 Å². The number of aromatic nitrogens is 3. The van der Waals surface area contributed by atoms with Gasteiger partial charge in [-0.05, 0) is 58.0 Å². The zero-order valence-electron chi connectivity index (χ0n) is 16.3. The second-order valence-electron chi connectivity index (χ2n) is 7.97. The summed E-state index contributed by atoms with van der Waals surface area (Å²) in [5.41, 5.74) is 1.34. The van der Waals surface area contributed by atoms with Crippen LogP contribution in [-0.4, -0.2) is 63.9 Å². The molecule has 7 nitrogen and oxygen atoms in total. The monoisotopic (exact) mass is 381 g/mol. The van der Waals surface area contributed by atoms with Gasteiger partial charge in [-0.2, -0.15) is 0 Å². The van der Waals surface area contributed by atoms with Crippen LogP contribution in [0.15, 0.2) is 35.4 Å². The number of carbonyl (C=O) groups is 1. The Bertz CT molecular complexity index is 874. The number of piperidine rings is 2. The molecule has 1 atom stereocenters. The molecule has 2 aromatic rings. The second-order valence-corrected chi connectivity index (χ2v) is 7.97. The highest BCUT2D eigenvalue weighted by atomic mass is 16.2. The highest BCUT2D eigenvalue weighted by molar-refractivity contribution is 5.93. The number of nitrogens with one attached hydrogen (secondary N) is 1. The van der Waals surface area contributed by atoms with Crippen molar-refractivity contribution in [1.29, 1.82) is 0 Å². The molecule has 0 saturated carbocycles. The topological polar surface area (TPSA) is 82.2 Å². The van der Waals surface area contributed by atoms with Crippen LogP contribution in [0, 0.1) is 0 Å². The molecule has 2 saturated heterocycles. The summed E-state index contributed by atoms with van der Waals surface area (Å²) in [5.74, 6) is 1.21. The predicted molar refractivity (Wildman–Crippen MR) is 106 cm³/mol. The lowest BCUT2D eigenvalue weighted by Crippen LogP contribution is -2.39. The normalized spacial score (nSPS) is 21.6. The van der Waals surface area contributed by atoms with Gasteiger partial charge in [0, 0.05) is 43.4 Å². The molecular weight excluding hydrogens is 354 g/mol. The Morgan fingerprint density at radius 2 is 2.00 bits per heavy atom. The molecule has 2 fully saturated rings. The first-order valence-corrected chi connectivity index (χ1v) is 10.1. The molecule has 4 rings (SSSR count). The molecule has 28 heavy (non-hydrogen) atoms. The number of likely N-dealkylation sites (tertiary alicyclic amines) is 2. The molecular formula is C21H27N5O2. The smallest absolute Gasteiger partial charge is 0.255 e. The molecule has 2 aliphatic heterocycles. The van der Waals surface area contributed by atoms with Crippen LogP contribution in [0.5, 0.6) is 0 Å². The highest BCUT2D eigenvalue weighted by Gasteiger charge is 2.28. The van der Waals surface area contributed by atoms with Crippen molar-refractivity contribution in [2.24, 2.45) is 0 Å². The van der Waals surface area contributed by atoms with E-state index in [-0.39, 0.29) is 17.4 Å². The van der Waals surface area contributed by atoms with Crippen LogP contribution in [0.1, 0.15) is 59.4 Å². The summed E-state index contributed by atoms with van der Waals surface area (Å²) in [6, 6.07) is 5.19. The van der Waals surface area contributed by atoms with Crippen molar-refractivity contribution in [3.8, 4) is 0 Å². The predicted octanol–water partition coefficient (Wildman–Crippen LogP) is 1.99. The number of hydrogen-bond acceptors (Lipinski definition) is 5. The summed E-state index contributed by atoms with van der Waals surface area (Å²) in [6.45, 7) is 3.37. The van der Waals surface area contributed by atoms with Crippen LogP contribution >= 0.6 is 0 Å². The fraction of sp³-hybridized carbons (Fsp3) is 0.524. The third-order valence-corrected chi connectivity index (χ3v) is 5.92. The number of pyridine rings is 1. The minimum absolute atomic E-state index is 0.00168. The van der Waals surface area contributed by atoms with Crippen molar-refractivity contribution in [2.45, 2.75) is 37.5 Å². The van der Waals surface area contributed by atoms with E-state index in [9.17, 15) is 9.59 Å². The number of amides is 1. The minimum atomic E-state index is -0.0883. The number of rotatable bonds is 3. The van der Waals surface area contributed by atoms with Crippen LogP contribution in [0.25, 0.3) is 0 Å². The van der Waals surface area contributed by atoms with Crippen molar-refractivity contribution in [3.63, 3.8) is 0 Å². The summed E-state index contributed by atoms with van der Waals surface area (Å²) in [4.78, 5) is 41.1. The van der Waals surface area contributed by atoms with Gasteiger partial charge >= 0.3 is 0 Å². The van der Waals surface area contributed by atoms with Crippen molar-refractivity contribution in [3.05, 3.63) is 58.0 Å². The standard InChI is InChI=1S/C21H27N5O2/c1-25-10-6-15(7-11-25)20-23-18(12-19(27)24-20)17-5-3-9-26(14-17)21(28)16-4-2-8-22-13-16/h2,4,8,12-13,15,17H,3,5-7,9-11,14H2,1H3,(H,23,24,27). The first-order chi connectivity index (χ1) is 13.6. The van der Waals surface area contributed by atoms with Crippen molar-refractivity contribution >= 4 is 5.91 Å². The zero-order valence-corrected chi connectivity index (χ0v) is 16.3. The summed E-state index contributed by atoms with van der Waals surface area (Å²) >= 11 is 0. The summed E-state index contributed by atoms with van der Waals surface area (Å²) in [5, 5.41) is 0. The van der Waals surface area contributed by atoms with Crippen molar-refractivity contribution < 1.29 is 4.79 Å². The van der Waals surface area contributed by atoms with Crippen molar-refractivity contribution in [2.75, 3.05) is 33.2 Å². The molecule has 7 heteroatoms. The molecule has 1 amide bonds. The third-order valence-electron chi connectivity index (χ3n) is 5.92. The van der Waals surface area contributed by atoms with E-state index in [4.69, 9.17) is 4.98 Å². The lowest BCUT2D eigenvalue weighted by molar-refractivity contribution is 0.0705. The molecule has 0 radical (unpaired) electrons. The third kappa shape index (κ3) is 4.14. The maximum atomic E-state index is 12.8. The minimum Gasteiger partial charge on any atom is -0.338 e. The van der Waals surface area contributed by atoms with Gasteiger partial charge in [0.15, 0.2) is 0 Å². The Morgan fingerprint density at radius 1 is 1.18 bits per heavy atom. The van der Waals surface area contributed by atoms with Gasteiger partial charge in [0.25, 0.3) is 11.5 Å². The highest BCUT2D eigenvalue weighted by Crippen LogP contribution is 2.29. The van der Waals surface area contributed by atoms with E-state index in [0.29, 0.717) is 18.0 Å². The average Bonchev–Trinajstić information content (AvgIpc) is 2.74. The van der Waals surface area contributed by atoms with E-state index in [0.717, 1.165) is 56.8 Å². The van der Waals surface area contributed by atoms with E-state index >= 15 is 0 Å². The Hall–Kier alpha value is -2.54. The Morgan fingerprint density at radius 3 is 2.75 bits per heavy atom. The van der Waals surface area contributed by atoms with Crippen LogP contribution in [0.3, 0.4) is 0 Å². The number of aromatic amines is 1. The average molecular weight is 381 g/mol. The molecule has 2 aliphatic rings. The lowest BCUT2D eigenvalue weighted by Gasteiger charge is -2.33. The van der Waals surface area contributed by atoms with Gasteiger partial charge in [0.05, 0.1) is 11.3 Å². The number of hydrogen-bond donors (Lipinski definition) is 1. The largest absolute Gasteiger partial charge is 0.338 e. The first-order valence-electron chi connectivity index (χ1n) is 10.1. The SMILES string of the molecule is CN1CCC(c2nc(C3CCCN(C(=O)c4cccnc4)C3)cc(=O)[nH]2)CC1. The number of carbonyl (C=O) groups excluding carboxylic acids is 1. The maximum absolute atomic E-state index is 12.8. The summed E-state index contributed by atoms with van der Waals surface area (Å²) < 4.78 is 0. The molecule has 4 heterocycles. The van der Waals surface area contributed by atoms with Crippen molar-refractivity contribution in [1.82, 2.24) is 24.8 Å². The van der Waals surface area contributed by atoms with E-state index in [2.05, 4.69) is 21.9 Å². The van der Waals surface area contributed by atoms with E-state index in [1.54, 1.807) is 30.6 Å². The van der Waals surface area contributed by atoms with Gasteiger partial charge in [-0.15, -0.1) is 0 Å². The molecule has 0 aromatic carbocycles. The second kappa shape index (κ2) is 8.22. The molecule has 0 spiro atoms. The van der Waals surface area contributed by atoms with Gasteiger partial charge in [0.1, 0.15) is 5.82 Å². The first kappa shape index (κ1) is 18.8. The number of H-pyrrole nitrogens is 1. The zero-order chi connectivity index (χ0) is 19.5. The molecule has 1 N–H and O–H groups in total. The Balaban J connectivity index is 1.52. The van der Waals surface area contributed by atoms with E-state index < -0.39 is 0 Å². The maximum Gasteiger partial charge on any atom is 0.255 e. The van der Waals surface area contributed by atoms with E-state index in [1.807, 2.05) is 4.90 Å².